The van der Waals surface area contributed by atoms with Crippen molar-refractivity contribution in [3.8, 4) is 5.88 Å². The predicted octanol–water partition coefficient (Wildman–Crippen LogP) is 1.73. The minimum absolute atomic E-state index is 0.136. The van der Waals surface area contributed by atoms with Crippen LogP contribution in [0.3, 0.4) is 0 Å². The van der Waals surface area contributed by atoms with E-state index in [-0.39, 0.29) is 11.8 Å². The highest BCUT2D eigenvalue weighted by Gasteiger charge is 2.28. The number of ether oxygens (including phenoxy) is 1. The summed E-state index contributed by atoms with van der Waals surface area (Å²) in [7, 11) is 3.24. The first-order chi connectivity index (χ1) is 13.5. The smallest absolute Gasteiger partial charge is 0.276 e. The van der Waals surface area contributed by atoms with Crippen LogP contribution in [0.5, 0.6) is 5.88 Å². The lowest BCUT2D eigenvalue weighted by molar-refractivity contribution is 0.0732. The number of methoxy groups -OCH3 is 1. The Hall–Kier alpha value is -3.27. The van der Waals surface area contributed by atoms with Gasteiger partial charge in [-0.15, -0.1) is 5.10 Å². The van der Waals surface area contributed by atoms with Crippen molar-refractivity contribution in [1.29, 1.82) is 0 Å². The average molecular weight is 398 g/mol. The van der Waals surface area contributed by atoms with E-state index in [2.05, 4.69) is 20.4 Å². The van der Waals surface area contributed by atoms with Crippen LogP contribution in [-0.4, -0.2) is 50.1 Å². The van der Waals surface area contributed by atoms with Crippen molar-refractivity contribution in [2.45, 2.75) is 13.0 Å². The molecule has 0 saturated heterocycles. The Kier molecular flexibility index (Phi) is 4.78. The highest BCUT2D eigenvalue weighted by molar-refractivity contribution is 7.15. The molecule has 10 heteroatoms. The predicted molar refractivity (Wildman–Crippen MR) is 103 cm³/mol. The fraction of sp³-hybridized carbons (Fsp3) is 0.278. The molecular weight excluding hydrogens is 380 g/mol. The maximum Gasteiger partial charge on any atom is 0.276 e. The summed E-state index contributed by atoms with van der Waals surface area (Å²) in [6.07, 6.45) is 3.85. The summed E-state index contributed by atoms with van der Waals surface area (Å²) in [5.74, 6) is -0.131. The zero-order chi connectivity index (χ0) is 19.7. The summed E-state index contributed by atoms with van der Waals surface area (Å²) >= 11 is 1.37. The van der Waals surface area contributed by atoms with E-state index in [1.165, 1.54) is 18.4 Å². The Balaban J connectivity index is 1.49. The quantitative estimate of drug-likeness (QED) is 0.718. The van der Waals surface area contributed by atoms with E-state index in [9.17, 15) is 9.59 Å². The number of anilines is 1. The minimum Gasteiger partial charge on any atom is -0.479 e. The van der Waals surface area contributed by atoms with E-state index in [1.807, 2.05) is 0 Å². The monoisotopic (exact) mass is 398 g/mol. The van der Waals surface area contributed by atoms with Gasteiger partial charge in [-0.2, -0.15) is 0 Å². The summed E-state index contributed by atoms with van der Waals surface area (Å²) in [6.45, 7) is 0.977. The normalized spacial score (nSPS) is 13.1. The lowest BCUT2D eigenvalue weighted by Crippen LogP contribution is -2.35. The van der Waals surface area contributed by atoms with Gasteiger partial charge in [0.25, 0.3) is 11.8 Å². The van der Waals surface area contributed by atoms with E-state index in [0.29, 0.717) is 41.8 Å². The number of carbonyl (C=O) groups excluding carboxylic acids is 2. The molecule has 0 bridgehead atoms. The Bertz CT molecular complexity index is 1030. The number of fused-ring (bicyclic) bond motifs is 1. The number of pyridine rings is 1. The molecule has 3 aromatic heterocycles. The maximum atomic E-state index is 12.9. The number of aryl methyl sites for hydroxylation is 1. The lowest BCUT2D eigenvalue weighted by atomic mass is 10.1. The molecule has 0 unspecified atom stereocenters. The van der Waals surface area contributed by atoms with Gasteiger partial charge in [-0.05, 0) is 12.1 Å². The maximum absolute atomic E-state index is 12.9. The van der Waals surface area contributed by atoms with Crippen LogP contribution in [0, 0.1) is 0 Å². The standard InChI is InChI=1S/C18H18N6O3S/c1-23-9-11(16(22-23)27-2)17(26)24-8-6-12-14(10-24)28-18(20-12)21-15(25)13-5-3-4-7-19-13/h3-5,7,9H,6,8,10H2,1-2H3,(H,20,21,25). The summed E-state index contributed by atoms with van der Waals surface area (Å²) in [5.41, 5.74) is 1.67. The van der Waals surface area contributed by atoms with Crippen LogP contribution in [0.15, 0.2) is 30.6 Å². The van der Waals surface area contributed by atoms with E-state index in [1.54, 1.807) is 47.2 Å². The number of thiazole rings is 1. The molecule has 144 valence electrons. The van der Waals surface area contributed by atoms with Gasteiger partial charge < -0.3 is 9.64 Å². The van der Waals surface area contributed by atoms with Crippen molar-refractivity contribution in [3.63, 3.8) is 0 Å². The van der Waals surface area contributed by atoms with Crippen LogP contribution >= 0.6 is 11.3 Å². The number of aromatic nitrogens is 4. The van der Waals surface area contributed by atoms with Gasteiger partial charge in [0.2, 0.25) is 5.88 Å². The number of nitrogens with zero attached hydrogens (tertiary/aromatic N) is 5. The summed E-state index contributed by atoms with van der Waals surface area (Å²) in [5, 5.41) is 7.43. The van der Waals surface area contributed by atoms with Gasteiger partial charge in [0.05, 0.1) is 19.3 Å². The molecule has 4 rings (SSSR count). The number of carbonyl (C=O) groups is 2. The van der Waals surface area contributed by atoms with Gasteiger partial charge in [-0.3, -0.25) is 24.6 Å². The molecule has 4 heterocycles. The Morgan fingerprint density at radius 3 is 2.93 bits per heavy atom. The van der Waals surface area contributed by atoms with Gasteiger partial charge in [-0.25, -0.2) is 4.98 Å². The van der Waals surface area contributed by atoms with Crippen molar-refractivity contribution < 1.29 is 14.3 Å². The molecule has 0 saturated carbocycles. The summed E-state index contributed by atoms with van der Waals surface area (Å²) < 4.78 is 6.75. The molecule has 0 fully saturated rings. The Morgan fingerprint density at radius 2 is 2.18 bits per heavy atom. The van der Waals surface area contributed by atoms with E-state index in [4.69, 9.17) is 4.74 Å². The Morgan fingerprint density at radius 1 is 1.32 bits per heavy atom. The summed E-state index contributed by atoms with van der Waals surface area (Å²) in [4.78, 5) is 36.4. The third kappa shape index (κ3) is 3.46. The van der Waals surface area contributed by atoms with E-state index in [0.717, 1.165) is 10.6 Å². The number of amides is 2. The number of hydrogen-bond acceptors (Lipinski definition) is 7. The highest BCUT2D eigenvalue weighted by Crippen LogP contribution is 2.30. The number of rotatable bonds is 4. The van der Waals surface area contributed by atoms with Crippen LogP contribution in [0.4, 0.5) is 5.13 Å². The third-order valence-electron chi connectivity index (χ3n) is 4.36. The zero-order valence-corrected chi connectivity index (χ0v) is 16.2. The molecule has 1 aliphatic heterocycles. The van der Waals surface area contributed by atoms with Gasteiger partial charge >= 0.3 is 0 Å². The molecule has 0 aromatic carbocycles. The van der Waals surface area contributed by atoms with Crippen LogP contribution in [0.1, 0.15) is 31.4 Å². The van der Waals surface area contributed by atoms with Crippen LogP contribution < -0.4 is 10.1 Å². The topological polar surface area (TPSA) is 102 Å². The van der Waals surface area contributed by atoms with Crippen molar-refractivity contribution in [1.82, 2.24) is 24.6 Å². The Labute approximate surface area is 165 Å². The largest absolute Gasteiger partial charge is 0.479 e. The third-order valence-corrected chi connectivity index (χ3v) is 5.35. The minimum atomic E-state index is -0.306. The highest BCUT2D eigenvalue weighted by atomic mass is 32.1. The summed E-state index contributed by atoms with van der Waals surface area (Å²) in [6, 6.07) is 5.15. The molecular formula is C18H18N6O3S. The van der Waals surface area contributed by atoms with Gasteiger partial charge in [0.15, 0.2) is 5.13 Å². The fourth-order valence-corrected chi connectivity index (χ4v) is 4.04. The van der Waals surface area contributed by atoms with Crippen LogP contribution in [0.25, 0.3) is 0 Å². The first-order valence-corrected chi connectivity index (χ1v) is 9.44. The molecule has 0 atom stereocenters. The first kappa shape index (κ1) is 18.1. The van der Waals surface area contributed by atoms with Crippen LogP contribution in [0.2, 0.25) is 0 Å². The molecule has 28 heavy (non-hydrogen) atoms. The van der Waals surface area contributed by atoms with Crippen LogP contribution in [-0.2, 0) is 20.0 Å². The molecule has 0 aliphatic carbocycles. The molecule has 1 aliphatic rings. The zero-order valence-electron chi connectivity index (χ0n) is 15.4. The average Bonchev–Trinajstić information content (AvgIpc) is 3.29. The van der Waals surface area contributed by atoms with Crippen molar-refractivity contribution >= 4 is 28.3 Å². The van der Waals surface area contributed by atoms with Gasteiger partial charge in [0.1, 0.15) is 11.3 Å². The number of hydrogen-bond donors (Lipinski definition) is 1. The molecule has 0 radical (unpaired) electrons. The first-order valence-electron chi connectivity index (χ1n) is 8.63. The van der Waals surface area contributed by atoms with Gasteiger partial charge in [0, 0.05) is 37.3 Å². The van der Waals surface area contributed by atoms with E-state index >= 15 is 0 Å². The molecule has 3 aromatic rings. The molecule has 2 amide bonds. The molecule has 9 nitrogen and oxygen atoms in total. The lowest BCUT2D eigenvalue weighted by Gasteiger charge is -2.25. The second-order valence-corrected chi connectivity index (χ2v) is 7.34. The van der Waals surface area contributed by atoms with Gasteiger partial charge in [-0.1, -0.05) is 17.4 Å². The fourth-order valence-electron chi connectivity index (χ4n) is 3.02. The molecule has 1 N–H and O–H groups in total. The second kappa shape index (κ2) is 7.39. The second-order valence-electron chi connectivity index (χ2n) is 6.26. The van der Waals surface area contributed by atoms with E-state index < -0.39 is 0 Å². The van der Waals surface area contributed by atoms with Crippen molar-refractivity contribution in [3.05, 3.63) is 52.4 Å². The number of nitrogens with one attached hydrogen (secondary N) is 1. The molecule has 0 spiro atoms. The van der Waals surface area contributed by atoms with Crippen molar-refractivity contribution in [2.24, 2.45) is 7.05 Å². The SMILES string of the molecule is COc1nn(C)cc1C(=O)N1CCc2nc(NC(=O)c3ccccn3)sc2C1. The van der Waals surface area contributed by atoms with Crippen molar-refractivity contribution in [2.75, 3.05) is 19.0 Å².